The maximum atomic E-state index is 12.4. The van der Waals surface area contributed by atoms with Gasteiger partial charge in [0.05, 0.1) is 8.68 Å². The first kappa shape index (κ1) is 15.1. The predicted molar refractivity (Wildman–Crippen MR) is 76.0 cm³/mol. The van der Waals surface area contributed by atoms with Crippen LogP contribution in [0.3, 0.4) is 0 Å². The summed E-state index contributed by atoms with van der Waals surface area (Å²) < 4.78 is 27.2. The highest BCUT2D eigenvalue weighted by Gasteiger charge is 2.29. The van der Waals surface area contributed by atoms with Crippen LogP contribution in [0.5, 0.6) is 0 Å². The molecule has 1 aromatic heterocycles. The molecule has 0 aliphatic rings. The fourth-order valence-corrected chi connectivity index (χ4v) is 5.36. The minimum Gasteiger partial charge on any atom is -0.207 e. The largest absolute Gasteiger partial charge is 0.244 e. The van der Waals surface area contributed by atoms with Gasteiger partial charge >= 0.3 is 0 Å². The third kappa shape index (κ3) is 3.10. The van der Waals surface area contributed by atoms with Gasteiger partial charge in [-0.3, -0.25) is 0 Å². The number of nitrogens with zero attached hydrogens (tertiary/aromatic N) is 1. The van der Waals surface area contributed by atoms with Crippen molar-refractivity contribution < 1.29 is 8.42 Å². The third-order valence-corrected chi connectivity index (χ3v) is 6.79. The zero-order chi connectivity index (χ0) is 13.4. The van der Waals surface area contributed by atoms with Gasteiger partial charge in [0.25, 0.3) is 0 Å². The normalized spacial score (nSPS) is 14.6. The number of sulfonamides is 1. The summed E-state index contributed by atoms with van der Waals surface area (Å²) in [6.07, 6.45) is 0. The molecule has 1 aromatic rings. The van der Waals surface area contributed by atoms with Gasteiger partial charge in [0.15, 0.2) is 0 Å². The molecule has 1 unspecified atom stereocenters. The number of rotatable bonds is 4. The van der Waals surface area contributed by atoms with E-state index in [-0.39, 0.29) is 12.0 Å². The third-order valence-electron chi connectivity index (χ3n) is 3.04. The van der Waals surface area contributed by atoms with Crippen LogP contribution in [-0.2, 0) is 10.0 Å². The molecule has 0 bridgehead atoms. The van der Waals surface area contributed by atoms with Gasteiger partial charge in [-0.15, -0.1) is 11.3 Å². The van der Waals surface area contributed by atoms with Gasteiger partial charge in [-0.25, -0.2) is 8.42 Å². The molecule has 0 aromatic carbocycles. The van der Waals surface area contributed by atoms with Gasteiger partial charge in [-0.05, 0) is 41.8 Å². The van der Waals surface area contributed by atoms with Crippen LogP contribution in [0, 0.1) is 12.8 Å². The van der Waals surface area contributed by atoms with E-state index in [2.05, 4.69) is 15.9 Å². The fraction of sp³-hybridized carbons (Fsp3) is 0.636. The van der Waals surface area contributed by atoms with Crippen LogP contribution >= 0.6 is 27.3 Å². The first-order valence-electron chi connectivity index (χ1n) is 5.42. The van der Waals surface area contributed by atoms with Gasteiger partial charge in [0.2, 0.25) is 10.0 Å². The van der Waals surface area contributed by atoms with E-state index >= 15 is 0 Å². The molecule has 1 rings (SSSR count). The Bertz CT molecular complexity index is 494. The Balaban J connectivity index is 3.16. The molecule has 17 heavy (non-hydrogen) atoms. The van der Waals surface area contributed by atoms with Gasteiger partial charge in [0, 0.05) is 18.0 Å². The maximum absolute atomic E-state index is 12.4. The molecule has 0 aliphatic heterocycles. The summed E-state index contributed by atoms with van der Waals surface area (Å²) >= 11 is 4.77. The first-order valence-corrected chi connectivity index (χ1v) is 8.46. The van der Waals surface area contributed by atoms with E-state index in [0.717, 1.165) is 8.66 Å². The second-order valence-corrected chi connectivity index (χ2v) is 9.08. The number of thiophene rings is 1. The highest BCUT2D eigenvalue weighted by atomic mass is 79.9. The van der Waals surface area contributed by atoms with Crippen molar-refractivity contribution in [1.29, 1.82) is 0 Å². The molecule has 1 atom stereocenters. The summed E-state index contributed by atoms with van der Waals surface area (Å²) in [5.41, 5.74) is 0. The molecule has 98 valence electrons. The molecule has 0 aliphatic carbocycles. The molecule has 0 fully saturated rings. The smallest absolute Gasteiger partial charge is 0.207 e. The van der Waals surface area contributed by atoms with Crippen molar-refractivity contribution in [3.8, 4) is 0 Å². The first-order chi connectivity index (χ1) is 7.67. The van der Waals surface area contributed by atoms with E-state index in [9.17, 15) is 8.42 Å². The molecule has 0 N–H and O–H groups in total. The molecular formula is C11H18BrNO2S2. The van der Waals surface area contributed by atoms with Gasteiger partial charge in [-0.2, -0.15) is 4.31 Å². The minimum atomic E-state index is -3.38. The minimum absolute atomic E-state index is 0.0157. The Labute approximate surface area is 116 Å². The molecule has 0 saturated carbocycles. The van der Waals surface area contributed by atoms with E-state index in [1.807, 2.05) is 27.7 Å². The summed E-state index contributed by atoms with van der Waals surface area (Å²) in [6.45, 7) is 7.80. The van der Waals surface area contributed by atoms with Crippen molar-refractivity contribution in [2.75, 3.05) is 7.05 Å². The number of aryl methyl sites for hydroxylation is 1. The lowest BCUT2D eigenvalue weighted by Gasteiger charge is -2.27. The standard InChI is InChI=1S/C11H18BrNO2S2/c1-7(2)8(3)13(5)17(14,15)10-6-11(12)16-9(10)4/h6-8H,1-5H3. The molecule has 0 saturated heterocycles. The Morgan fingerprint density at radius 3 is 2.24 bits per heavy atom. The van der Waals surface area contributed by atoms with Crippen molar-refractivity contribution in [2.45, 2.75) is 38.6 Å². The average Bonchev–Trinajstić information content (AvgIpc) is 2.56. The number of hydrogen-bond donors (Lipinski definition) is 0. The van der Waals surface area contributed by atoms with Crippen molar-refractivity contribution in [2.24, 2.45) is 5.92 Å². The van der Waals surface area contributed by atoms with Gasteiger partial charge in [0.1, 0.15) is 0 Å². The van der Waals surface area contributed by atoms with Crippen molar-refractivity contribution >= 4 is 37.3 Å². The molecule has 6 heteroatoms. The maximum Gasteiger partial charge on any atom is 0.244 e. The van der Waals surface area contributed by atoms with Crippen LogP contribution in [0.15, 0.2) is 14.7 Å². The van der Waals surface area contributed by atoms with Gasteiger partial charge < -0.3 is 0 Å². The van der Waals surface area contributed by atoms with Crippen LogP contribution in [-0.4, -0.2) is 25.8 Å². The number of hydrogen-bond acceptors (Lipinski definition) is 3. The summed E-state index contributed by atoms with van der Waals surface area (Å²) in [5.74, 6) is 0.289. The second-order valence-electron chi connectivity index (χ2n) is 4.48. The summed E-state index contributed by atoms with van der Waals surface area (Å²) in [7, 11) is -1.74. The Kier molecular flexibility index (Phi) is 4.80. The Morgan fingerprint density at radius 1 is 1.35 bits per heavy atom. The lowest BCUT2D eigenvalue weighted by Crippen LogP contribution is -2.38. The highest BCUT2D eigenvalue weighted by Crippen LogP contribution is 2.32. The highest BCUT2D eigenvalue weighted by molar-refractivity contribution is 9.11. The fourth-order valence-electron chi connectivity index (χ4n) is 1.48. The van der Waals surface area contributed by atoms with E-state index < -0.39 is 10.0 Å². The van der Waals surface area contributed by atoms with E-state index in [4.69, 9.17) is 0 Å². The molecule has 3 nitrogen and oxygen atoms in total. The molecule has 0 amide bonds. The van der Waals surface area contributed by atoms with Crippen LogP contribution in [0.2, 0.25) is 0 Å². The van der Waals surface area contributed by atoms with E-state index in [0.29, 0.717) is 4.90 Å². The lowest BCUT2D eigenvalue weighted by molar-refractivity contribution is 0.316. The monoisotopic (exact) mass is 339 g/mol. The number of halogens is 1. The van der Waals surface area contributed by atoms with Crippen molar-refractivity contribution in [1.82, 2.24) is 4.31 Å². The molecule has 1 heterocycles. The van der Waals surface area contributed by atoms with Crippen molar-refractivity contribution in [3.05, 3.63) is 14.7 Å². The topological polar surface area (TPSA) is 37.4 Å². The Morgan fingerprint density at radius 2 is 1.88 bits per heavy atom. The zero-order valence-corrected chi connectivity index (χ0v) is 13.9. The Hall–Kier alpha value is 0.0900. The summed E-state index contributed by atoms with van der Waals surface area (Å²) in [6, 6.07) is 1.66. The van der Waals surface area contributed by atoms with E-state index in [1.165, 1.54) is 15.6 Å². The van der Waals surface area contributed by atoms with Crippen LogP contribution in [0.25, 0.3) is 0 Å². The predicted octanol–water partition coefficient (Wildman–Crippen LogP) is 3.48. The lowest BCUT2D eigenvalue weighted by atomic mass is 10.1. The summed E-state index contributed by atoms with van der Waals surface area (Å²) in [5, 5.41) is 0. The van der Waals surface area contributed by atoms with Crippen molar-refractivity contribution in [3.63, 3.8) is 0 Å². The molecular weight excluding hydrogens is 322 g/mol. The summed E-state index contributed by atoms with van der Waals surface area (Å²) in [4.78, 5) is 1.23. The van der Waals surface area contributed by atoms with Crippen LogP contribution in [0.1, 0.15) is 25.6 Å². The van der Waals surface area contributed by atoms with Crippen LogP contribution in [0.4, 0.5) is 0 Å². The van der Waals surface area contributed by atoms with E-state index in [1.54, 1.807) is 13.1 Å². The second kappa shape index (κ2) is 5.38. The SMILES string of the molecule is Cc1sc(Br)cc1S(=O)(=O)N(C)C(C)C(C)C. The van der Waals surface area contributed by atoms with Crippen LogP contribution < -0.4 is 0 Å². The molecule has 0 radical (unpaired) electrons. The zero-order valence-electron chi connectivity index (χ0n) is 10.7. The molecule has 0 spiro atoms. The quantitative estimate of drug-likeness (QED) is 0.841. The average molecular weight is 340 g/mol. The van der Waals surface area contributed by atoms with Gasteiger partial charge in [-0.1, -0.05) is 13.8 Å².